The number of rotatable bonds is 4. The zero-order valence-corrected chi connectivity index (χ0v) is 14.2. The van der Waals surface area contributed by atoms with Crippen molar-refractivity contribution in [2.45, 2.75) is 18.6 Å². The zero-order chi connectivity index (χ0) is 17.8. The summed E-state index contributed by atoms with van der Waals surface area (Å²) in [5, 5.41) is 3.00. The summed E-state index contributed by atoms with van der Waals surface area (Å²) in [7, 11) is 0. The lowest BCUT2D eigenvalue weighted by atomic mass is 10.1. The molecule has 2 aromatic rings. The summed E-state index contributed by atoms with van der Waals surface area (Å²) in [6, 6.07) is 10.4. The zero-order valence-electron chi connectivity index (χ0n) is 14.2. The summed E-state index contributed by atoms with van der Waals surface area (Å²) < 4.78 is 22.5. The van der Waals surface area contributed by atoms with E-state index in [0.717, 1.165) is 0 Å². The van der Waals surface area contributed by atoms with Crippen LogP contribution in [0.1, 0.15) is 16.8 Å². The van der Waals surface area contributed by atoms with E-state index >= 15 is 0 Å². The first-order valence-electron chi connectivity index (χ1n) is 8.65. The smallest absolute Gasteiger partial charge is 0.251 e. The number of nitrogens with one attached hydrogen (secondary N) is 1. The van der Waals surface area contributed by atoms with E-state index in [-0.39, 0.29) is 18.1 Å². The Morgan fingerprint density at radius 2 is 2.00 bits per heavy atom. The van der Waals surface area contributed by atoms with E-state index in [1.807, 2.05) is 12.1 Å². The number of carbonyl (C=O) groups excluding carboxylic acids is 1. The Bertz CT molecular complexity index is 768. The Kier molecular flexibility index (Phi) is 4.88. The van der Waals surface area contributed by atoms with E-state index in [0.29, 0.717) is 55.8 Å². The van der Waals surface area contributed by atoms with Crippen LogP contribution in [0.3, 0.4) is 0 Å². The molecule has 1 aromatic carbocycles. The summed E-state index contributed by atoms with van der Waals surface area (Å²) in [4.78, 5) is 16.8. The quantitative estimate of drug-likeness (QED) is 0.900. The minimum absolute atomic E-state index is 0.195. The molecule has 4 rings (SSSR count). The lowest BCUT2D eigenvalue weighted by Crippen LogP contribution is -2.51. The minimum atomic E-state index is -0.258. The van der Waals surface area contributed by atoms with E-state index in [2.05, 4.69) is 10.3 Å². The number of ether oxygens (including phenoxy) is 4. The summed E-state index contributed by atoms with van der Waals surface area (Å²) in [5.74, 6) is 1.58. The van der Waals surface area contributed by atoms with Crippen molar-refractivity contribution in [1.29, 1.82) is 0 Å². The van der Waals surface area contributed by atoms with Crippen LogP contribution in [0, 0.1) is 0 Å². The van der Waals surface area contributed by atoms with Gasteiger partial charge in [0.1, 0.15) is 19.3 Å². The van der Waals surface area contributed by atoms with Gasteiger partial charge in [-0.2, -0.15) is 0 Å². The van der Waals surface area contributed by atoms with Crippen molar-refractivity contribution in [1.82, 2.24) is 10.3 Å². The fourth-order valence-corrected chi connectivity index (χ4v) is 3.00. The second-order valence-corrected chi connectivity index (χ2v) is 6.13. The molecule has 3 heterocycles. The maximum Gasteiger partial charge on any atom is 0.251 e. The van der Waals surface area contributed by atoms with Crippen molar-refractivity contribution in [2.24, 2.45) is 0 Å². The van der Waals surface area contributed by atoms with Crippen molar-refractivity contribution in [3.63, 3.8) is 0 Å². The summed E-state index contributed by atoms with van der Waals surface area (Å²) in [5.41, 5.74) is 0.511. The Labute approximate surface area is 151 Å². The molecular formula is C19H20N2O5. The largest absolute Gasteiger partial charge is 0.486 e. The van der Waals surface area contributed by atoms with E-state index in [9.17, 15) is 4.79 Å². The standard InChI is InChI=1S/C19H20N2O5/c22-19(13-4-5-16-17(11-13)25-10-9-24-16)21-14-12-23-8-6-15(14)26-18-3-1-2-7-20-18/h1-5,7,11,14-15H,6,8-10,12H2,(H,21,22)/t14-,15-/m1/s1. The van der Waals surface area contributed by atoms with Gasteiger partial charge in [-0.1, -0.05) is 6.07 Å². The van der Waals surface area contributed by atoms with Gasteiger partial charge in [-0.3, -0.25) is 4.79 Å². The molecule has 0 radical (unpaired) electrons. The first-order valence-corrected chi connectivity index (χ1v) is 8.65. The highest BCUT2D eigenvalue weighted by Crippen LogP contribution is 2.30. The Hall–Kier alpha value is -2.80. The van der Waals surface area contributed by atoms with Crippen LogP contribution in [0.5, 0.6) is 17.4 Å². The van der Waals surface area contributed by atoms with E-state index < -0.39 is 0 Å². The van der Waals surface area contributed by atoms with Crippen molar-refractivity contribution in [2.75, 3.05) is 26.4 Å². The molecule has 0 unspecified atom stereocenters. The molecular weight excluding hydrogens is 336 g/mol. The van der Waals surface area contributed by atoms with Crippen molar-refractivity contribution < 1.29 is 23.7 Å². The molecule has 2 atom stereocenters. The second-order valence-electron chi connectivity index (χ2n) is 6.13. The van der Waals surface area contributed by atoms with Gasteiger partial charge < -0.3 is 24.3 Å². The third kappa shape index (κ3) is 3.72. The molecule has 1 saturated heterocycles. The Balaban J connectivity index is 1.45. The van der Waals surface area contributed by atoms with Gasteiger partial charge in [-0.05, 0) is 24.3 Å². The van der Waals surface area contributed by atoms with Crippen LogP contribution in [0.2, 0.25) is 0 Å². The van der Waals surface area contributed by atoms with Crippen molar-refractivity contribution >= 4 is 5.91 Å². The average Bonchev–Trinajstić information content (AvgIpc) is 2.70. The summed E-state index contributed by atoms with van der Waals surface area (Å²) in [6.07, 6.45) is 2.17. The molecule has 0 saturated carbocycles. The number of fused-ring (bicyclic) bond motifs is 1. The number of nitrogens with zero attached hydrogens (tertiary/aromatic N) is 1. The third-order valence-electron chi connectivity index (χ3n) is 4.32. The lowest BCUT2D eigenvalue weighted by molar-refractivity contribution is -0.00449. The van der Waals surface area contributed by atoms with Crippen LogP contribution in [0.25, 0.3) is 0 Å². The summed E-state index contributed by atoms with van der Waals surface area (Å²) >= 11 is 0. The van der Waals surface area contributed by atoms with Gasteiger partial charge in [0.2, 0.25) is 5.88 Å². The molecule has 26 heavy (non-hydrogen) atoms. The molecule has 7 heteroatoms. The maximum absolute atomic E-state index is 12.7. The number of hydrogen-bond donors (Lipinski definition) is 1. The predicted molar refractivity (Wildman–Crippen MR) is 92.8 cm³/mol. The highest BCUT2D eigenvalue weighted by molar-refractivity contribution is 5.95. The van der Waals surface area contributed by atoms with Crippen LogP contribution >= 0.6 is 0 Å². The van der Waals surface area contributed by atoms with Crippen LogP contribution in [-0.4, -0.2) is 49.5 Å². The van der Waals surface area contributed by atoms with Gasteiger partial charge >= 0.3 is 0 Å². The SMILES string of the molecule is O=C(N[C@@H]1COCC[C@H]1Oc1ccccn1)c1ccc2c(c1)OCCO2. The fraction of sp³-hybridized carbons (Fsp3) is 0.368. The molecule has 0 spiro atoms. The normalized spacial score (nSPS) is 21.7. The molecule has 1 N–H and O–H groups in total. The van der Waals surface area contributed by atoms with Crippen LogP contribution in [0.15, 0.2) is 42.6 Å². The lowest BCUT2D eigenvalue weighted by Gasteiger charge is -2.32. The number of pyridine rings is 1. The number of aromatic nitrogens is 1. The monoisotopic (exact) mass is 356 g/mol. The third-order valence-corrected chi connectivity index (χ3v) is 4.32. The molecule has 0 bridgehead atoms. The topological polar surface area (TPSA) is 78.9 Å². The van der Waals surface area contributed by atoms with Crippen LogP contribution in [0.4, 0.5) is 0 Å². The molecule has 7 nitrogen and oxygen atoms in total. The highest BCUT2D eigenvalue weighted by atomic mass is 16.6. The average molecular weight is 356 g/mol. The fourth-order valence-electron chi connectivity index (χ4n) is 3.00. The molecule has 2 aliphatic heterocycles. The number of amides is 1. The van der Waals surface area contributed by atoms with E-state index in [1.165, 1.54) is 0 Å². The predicted octanol–water partition coefficient (Wildman–Crippen LogP) is 1.82. The number of benzene rings is 1. The first-order chi connectivity index (χ1) is 12.8. The molecule has 1 fully saturated rings. The van der Waals surface area contributed by atoms with Gasteiger partial charge in [0.05, 0.1) is 19.3 Å². The Morgan fingerprint density at radius 1 is 1.12 bits per heavy atom. The van der Waals surface area contributed by atoms with E-state index in [1.54, 1.807) is 30.5 Å². The molecule has 136 valence electrons. The highest BCUT2D eigenvalue weighted by Gasteiger charge is 2.30. The molecule has 2 aliphatic rings. The van der Waals surface area contributed by atoms with Crippen molar-refractivity contribution in [3.05, 3.63) is 48.2 Å². The van der Waals surface area contributed by atoms with Gasteiger partial charge in [-0.25, -0.2) is 4.98 Å². The van der Waals surface area contributed by atoms with Gasteiger partial charge in [0.25, 0.3) is 5.91 Å². The van der Waals surface area contributed by atoms with Gasteiger partial charge in [0, 0.05) is 24.2 Å². The number of hydrogen-bond acceptors (Lipinski definition) is 6. The number of carbonyl (C=O) groups is 1. The molecule has 1 amide bonds. The maximum atomic E-state index is 12.7. The van der Waals surface area contributed by atoms with Crippen LogP contribution < -0.4 is 19.5 Å². The molecule has 1 aromatic heterocycles. The first kappa shape index (κ1) is 16.7. The van der Waals surface area contributed by atoms with E-state index in [4.69, 9.17) is 18.9 Å². The van der Waals surface area contributed by atoms with Crippen LogP contribution in [-0.2, 0) is 4.74 Å². The van der Waals surface area contributed by atoms with Gasteiger partial charge in [-0.15, -0.1) is 0 Å². The Morgan fingerprint density at radius 3 is 2.85 bits per heavy atom. The summed E-state index contributed by atoms with van der Waals surface area (Å²) in [6.45, 7) is 1.99. The van der Waals surface area contributed by atoms with Gasteiger partial charge in [0.15, 0.2) is 11.5 Å². The second kappa shape index (κ2) is 7.61. The molecule has 0 aliphatic carbocycles. The van der Waals surface area contributed by atoms with Crippen molar-refractivity contribution in [3.8, 4) is 17.4 Å². The minimum Gasteiger partial charge on any atom is -0.486 e.